The van der Waals surface area contributed by atoms with Gasteiger partial charge >= 0.3 is 0 Å². The third-order valence-corrected chi connectivity index (χ3v) is 6.94. The number of carbonyl (C=O) groups is 3. The molecule has 0 bridgehead atoms. The van der Waals surface area contributed by atoms with E-state index < -0.39 is 15.7 Å². The number of nitrogens with one attached hydrogen (secondary N) is 2. The third kappa shape index (κ3) is 4.50. The minimum absolute atomic E-state index is 0.0110. The smallest absolute Gasteiger partial charge is 0.257 e. The Morgan fingerprint density at radius 1 is 1.15 bits per heavy atom. The standard InChI is InChI=1S/C24H28N4O5S/c1-16-10-11-17(15-19(16)26-34(3,32)33)25-21(29)9-6-14-27-23(31)18-7-4-5-8-20(18)28-22(30)12-13-24(27,28)2/h4-5,7-8,10-11,15,26H,6,9,12-14H2,1-3H3,(H,25,29). The number of fused-ring (bicyclic) bond motifs is 3. The highest BCUT2D eigenvalue weighted by Crippen LogP contribution is 2.44. The molecule has 2 aromatic carbocycles. The van der Waals surface area contributed by atoms with E-state index in [1.165, 1.54) is 0 Å². The first-order chi connectivity index (χ1) is 16.0. The van der Waals surface area contributed by atoms with Gasteiger partial charge in [-0.25, -0.2) is 8.42 Å². The quantitative estimate of drug-likeness (QED) is 0.627. The summed E-state index contributed by atoms with van der Waals surface area (Å²) in [7, 11) is -3.44. The summed E-state index contributed by atoms with van der Waals surface area (Å²) in [4.78, 5) is 41.9. The van der Waals surface area contributed by atoms with Gasteiger partial charge in [-0.2, -0.15) is 0 Å². The number of para-hydroxylation sites is 1. The van der Waals surface area contributed by atoms with Crippen LogP contribution in [0.3, 0.4) is 0 Å². The van der Waals surface area contributed by atoms with Gasteiger partial charge in [0.15, 0.2) is 0 Å². The number of hydrogen-bond donors (Lipinski definition) is 2. The number of benzene rings is 2. The van der Waals surface area contributed by atoms with E-state index in [4.69, 9.17) is 0 Å². The van der Waals surface area contributed by atoms with Crippen molar-refractivity contribution in [2.45, 2.75) is 45.2 Å². The zero-order valence-corrected chi connectivity index (χ0v) is 20.2. The van der Waals surface area contributed by atoms with Gasteiger partial charge in [-0.3, -0.25) is 24.0 Å². The van der Waals surface area contributed by atoms with Gasteiger partial charge in [0.05, 0.1) is 23.2 Å². The fourth-order valence-electron chi connectivity index (χ4n) is 4.67. The van der Waals surface area contributed by atoms with Crippen molar-refractivity contribution in [3.8, 4) is 0 Å². The molecule has 10 heteroatoms. The molecular formula is C24H28N4O5S. The predicted octanol–water partition coefficient (Wildman–Crippen LogP) is 3.08. The topological polar surface area (TPSA) is 116 Å². The van der Waals surface area contributed by atoms with Crippen LogP contribution in [0.5, 0.6) is 0 Å². The van der Waals surface area contributed by atoms with Gasteiger partial charge in [0.1, 0.15) is 5.66 Å². The molecule has 9 nitrogen and oxygen atoms in total. The molecule has 34 heavy (non-hydrogen) atoms. The summed E-state index contributed by atoms with van der Waals surface area (Å²) >= 11 is 0. The first kappa shape index (κ1) is 23.7. The first-order valence-corrected chi connectivity index (χ1v) is 13.0. The molecule has 180 valence electrons. The van der Waals surface area contributed by atoms with Gasteiger partial charge in [-0.15, -0.1) is 0 Å². The van der Waals surface area contributed by atoms with Crippen molar-refractivity contribution in [2.24, 2.45) is 0 Å². The number of hydrogen-bond acceptors (Lipinski definition) is 5. The molecule has 2 N–H and O–H groups in total. The van der Waals surface area contributed by atoms with Crippen LogP contribution in [0.1, 0.15) is 48.5 Å². The van der Waals surface area contributed by atoms with E-state index in [-0.39, 0.29) is 24.1 Å². The molecular weight excluding hydrogens is 456 g/mol. The highest BCUT2D eigenvalue weighted by atomic mass is 32.2. The van der Waals surface area contributed by atoms with Gasteiger partial charge in [0.25, 0.3) is 5.91 Å². The molecule has 1 fully saturated rings. The Labute approximate surface area is 199 Å². The average Bonchev–Trinajstić information content (AvgIpc) is 3.07. The van der Waals surface area contributed by atoms with Crippen LogP contribution in [-0.2, 0) is 19.6 Å². The van der Waals surface area contributed by atoms with Crippen molar-refractivity contribution in [3.05, 3.63) is 53.6 Å². The average molecular weight is 485 g/mol. The maximum atomic E-state index is 13.3. The third-order valence-electron chi connectivity index (χ3n) is 6.35. The summed E-state index contributed by atoms with van der Waals surface area (Å²) in [5.74, 6) is -0.397. The summed E-state index contributed by atoms with van der Waals surface area (Å²) in [6.45, 7) is 3.99. The Morgan fingerprint density at radius 2 is 1.88 bits per heavy atom. The van der Waals surface area contributed by atoms with Crippen molar-refractivity contribution < 1.29 is 22.8 Å². The molecule has 3 amide bonds. The maximum Gasteiger partial charge on any atom is 0.257 e. The van der Waals surface area contributed by atoms with E-state index in [9.17, 15) is 22.8 Å². The number of anilines is 3. The second-order valence-corrected chi connectivity index (χ2v) is 10.7. The second-order valence-electron chi connectivity index (χ2n) is 8.98. The molecule has 0 saturated carbocycles. The Bertz CT molecular complexity index is 1280. The predicted molar refractivity (Wildman–Crippen MR) is 130 cm³/mol. The Hall–Kier alpha value is -3.40. The van der Waals surface area contributed by atoms with Gasteiger partial charge in [-0.1, -0.05) is 18.2 Å². The van der Waals surface area contributed by atoms with Crippen LogP contribution in [0.4, 0.5) is 17.1 Å². The SMILES string of the molecule is Cc1ccc(NC(=O)CCCN2C(=O)c3ccccc3N3C(=O)CCC23C)cc1NS(C)(=O)=O. The van der Waals surface area contributed by atoms with Gasteiger partial charge < -0.3 is 10.2 Å². The Morgan fingerprint density at radius 3 is 2.62 bits per heavy atom. The highest BCUT2D eigenvalue weighted by molar-refractivity contribution is 7.92. The van der Waals surface area contributed by atoms with Crippen LogP contribution in [0.25, 0.3) is 0 Å². The molecule has 1 atom stereocenters. The largest absolute Gasteiger partial charge is 0.326 e. The van der Waals surface area contributed by atoms with Crippen LogP contribution in [0, 0.1) is 6.92 Å². The van der Waals surface area contributed by atoms with E-state index in [0.717, 1.165) is 11.8 Å². The maximum absolute atomic E-state index is 13.3. The van der Waals surface area contributed by atoms with Crippen molar-refractivity contribution in [1.29, 1.82) is 0 Å². The number of aryl methyl sites for hydroxylation is 1. The number of rotatable bonds is 7. The molecule has 0 spiro atoms. The van der Waals surface area contributed by atoms with Crippen molar-refractivity contribution in [1.82, 2.24) is 4.90 Å². The fourth-order valence-corrected chi connectivity index (χ4v) is 5.29. The lowest BCUT2D eigenvalue weighted by atomic mass is 9.98. The monoisotopic (exact) mass is 484 g/mol. The molecule has 1 unspecified atom stereocenters. The molecule has 0 aliphatic carbocycles. The van der Waals surface area contributed by atoms with Crippen LogP contribution >= 0.6 is 0 Å². The van der Waals surface area contributed by atoms with Crippen LogP contribution < -0.4 is 14.9 Å². The van der Waals surface area contributed by atoms with Crippen molar-refractivity contribution >= 4 is 44.8 Å². The molecule has 4 rings (SSSR count). The lowest BCUT2D eigenvalue weighted by Crippen LogP contribution is -2.62. The summed E-state index contributed by atoms with van der Waals surface area (Å²) in [6, 6.07) is 12.1. The van der Waals surface area contributed by atoms with Gasteiger partial charge in [0.2, 0.25) is 21.8 Å². The molecule has 2 heterocycles. The lowest BCUT2D eigenvalue weighted by Gasteiger charge is -2.48. The van der Waals surface area contributed by atoms with Gasteiger partial charge in [0, 0.05) is 25.1 Å². The normalized spacial score (nSPS) is 19.6. The number of carbonyl (C=O) groups excluding carboxylic acids is 3. The van der Waals surface area contributed by atoms with E-state index in [1.54, 1.807) is 53.1 Å². The fraction of sp³-hybridized carbons (Fsp3) is 0.375. The summed E-state index contributed by atoms with van der Waals surface area (Å²) < 4.78 is 25.5. The zero-order chi connectivity index (χ0) is 24.7. The minimum atomic E-state index is -3.44. The molecule has 2 aliphatic heterocycles. The van der Waals surface area contributed by atoms with Crippen molar-refractivity contribution in [2.75, 3.05) is 27.7 Å². The van der Waals surface area contributed by atoms with E-state index in [1.807, 2.05) is 13.0 Å². The molecule has 2 aliphatic rings. The zero-order valence-electron chi connectivity index (χ0n) is 19.4. The summed E-state index contributed by atoms with van der Waals surface area (Å²) in [5.41, 5.74) is 1.99. The van der Waals surface area contributed by atoms with E-state index >= 15 is 0 Å². The van der Waals surface area contributed by atoms with Crippen molar-refractivity contribution in [3.63, 3.8) is 0 Å². The first-order valence-electron chi connectivity index (χ1n) is 11.1. The lowest BCUT2D eigenvalue weighted by molar-refractivity contribution is -0.118. The second kappa shape index (κ2) is 8.75. The number of amides is 3. The molecule has 0 radical (unpaired) electrons. The number of sulfonamides is 1. The molecule has 2 aromatic rings. The number of nitrogens with zero attached hydrogens (tertiary/aromatic N) is 2. The summed E-state index contributed by atoms with van der Waals surface area (Å²) in [6.07, 6.45) is 2.55. The Balaban J connectivity index is 1.43. The minimum Gasteiger partial charge on any atom is -0.326 e. The van der Waals surface area contributed by atoms with Crippen LogP contribution in [0.15, 0.2) is 42.5 Å². The van der Waals surface area contributed by atoms with E-state index in [0.29, 0.717) is 48.4 Å². The van der Waals surface area contributed by atoms with Crippen LogP contribution in [0.2, 0.25) is 0 Å². The van der Waals surface area contributed by atoms with Gasteiger partial charge in [-0.05, 0) is 56.5 Å². The Kier molecular flexibility index (Phi) is 6.11. The highest BCUT2D eigenvalue weighted by Gasteiger charge is 2.52. The van der Waals surface area contributed by atoms with E-state index in [2.05, 4.69) is 10.0 Å². The van der Waals surface area contributed by atoms with Crippen LogP contribution in [-0.4, -0.2) is 49.5 Å². The molecule has 1 saturated heterocycles. The summed E-state index contributed by atoms with van der Waals surface area (Å²) in [5, 5.41) is 2.78. The molecule has 0 aromatic heterocycles.